The SMILES string of the molecule is CCOc1cc(CN2CCC3(CC2)CN(C2CCC(CC)(C(=O)O)CC2)C(=O)N3)c(C2CC2)cc1C. The highest BCUT2D eigenvalue weighted by molar-refractivity contribution is 5.78. The van der Waals surface area contributed by atoms with Gasteiger partial charge in [0.2, 0.25) is 0 Å². The molecule has 2 heterocycles. The Morgan fingerprint density at radius 3 is 2.39 bits per heavy atom. The van der Waals surface area contributed by atoms with E-state index in [9.17, 15) is 14.7 Å². The Labute approximate surface area is 215 Å². The number of aryl methyl sites for hydroxylation is 1. The molecular weight excluding hydrogens is 454 g/mol. The van der Waals surface area contributed by atoms with Crippen molar-refractivity contribution in [2.45, 2.75) is 103 Å². The van der Waals surface area contributed by atoms with Crippen LogP contribution in [-0.2, 0) is 11.3 Å². The molecule has 0 unspecified atom stereocenters. The van der Waals surface area contributed by atoms with E-state index in [0.29, 0.717) is 31.8 Å². The van der Waals surface area contributed by atoms with E-state index in [4.69, 9.17) is 4.74 Å². The molecule has 0 atom stereocenters. The third-order valence-electron chi connectivity index (χ3n) is 9.55. The van der Waals surface area contributed by atoms with E-state index in [1.165, 1.54) is 29.5 Å². The van der Waals surface area contributed by atoms with Crippen LogP contribution in [-0.4, -0.2) is 64.7 Å². The number of likely N-dealkylation sites (tertiary alicyclic amines) is 1. The summed E-state index contributed by atoms with van der Waals surface area (Å²) in [7, 11) is 0. The first-order chi connectivity index (χ1) is 17.3. The minimum atomic E-state index is -0.676. The van der Waals surface area contributed by atoms with Crippen LogP contribution in [0, 0.1) is 12.3 Å². The molecule has 2 aliphatic heterocycles. The number of nitrogens with one attached hydrogen (secondary N) is 1. The Hall–Kier alpha value is -2.28. The molecule has 0 radical (unpaired) electrons. The monoisotopic (exact) mass is 497 g/mol. The number of carboxylic acid groups (broad SMARTS) is 1. The van der Waals surface area contributed by atoms with Gasteiger partial charge in [-0.1, -0.05) is 13.0 Å². The second-order valence-electron chi connectivity index (χ2n) is 11.8. The van der Waals surface area contributed by atoms with Gasteiger partial charge in [0.15, 0.2) is 0 Å². The molecule has 0 aromatic heterocycles. The largest absolute Gasteiger partial charge is 0.494 e. The van der Waals surface area contributed by atoms with Crippen molar-refractivity contribution in [2.75, 3.05) is 26.2 Å². The van der Waals surface area contributed by atoms with Crippen LogP contribution in [0.3, 0.4) is 0 Å². The summed E-state index contributed by atoms with van der Waals surface area (Å²) in [5, 5.41) is 13.1. The van der Waals surface area contributed by atoms with E-state index in [1.807, 2.05) is 18.7 Å². The molecule has 1 aromatic carbocycles. The molecule has 4 fully saturated rings. The van der Waals surface area contributed by atoms with Gasteiger partial charge in [-0.2, -0.15) is 0 Å². The van der Waals surface area contributed by atoms with Gasteiger partial charge in [0.1, 0.15) is 5.75 Å². The van der Waals surface area contributed by atoms with Crippen molar-refractivity contribution in [1.82, 2.24) is 15.1 Å². The second kappa shape index (κ2) is 9.88. The number of amides is 2. The van der Waals surface area contributed by atoms with Gasteiger partial charge >= 0.3 is 12.0 Å². The van der Waals surface area contributed by atoms with Crippen molar-refractivity contribution in [3.8, 4) is 5.75 Å². The lowest BCUT2D eigenvalue weighted by Crippen LogP contribution is -2.52. The van der Waals surface area contributed by atoms with Gasteiger partial charge in [-0.3, -0.25) is 9.69 Å². The number of carbonyl (C=O) groups excluding carboxylic acids is 1. The number of hydrogen-bond donors (Lipinski definition) is 2. The summed E-state index contributed by atoms with van der Waals surface area (Å²) < 4.78 is 5.91. The predicted molar refractivity (Wildman–Crippen MR) is 139 cm³/mol. The quantitative estimate of drug-likeness (QED) is 0.525. The lowest BCUT2D eigenvalue weighted by atomic mass is 9.70. The maximum absolute atomic E-state index is 13.0. The van der Waals surface area contributed by atoms with E-state index < -0.39 is 11.4 Å². The van der Waals surface area contributed by atoms with Crippen LogP contribution in [0.1, 0.15) is 94.2 Å². The van der Waals surface area contributed by atoms with Crippen molar-refractivity contribution in [2.24, 2.45) is 5.41 Å². The van der Waals surface area contributed by atoms with Crippen LogP contribution in [0.4, 0.5) is 4.79 Å². The minimum absolute atomic E-state index is 0.0451. The lowest BCUT2D eigenvalue weighted by Gasteiger charge is -2.41. The van der Waals surface area contributed by atoms with E-state index in [1.54, 1.807) is 0 Å². The minimum Gasteiger partial charge on any atom is -0.494 e. The second-order valence-corrected chi connectivity index (χ2v) is 11.8. The number of urea groups is 1. The smallest absolute Gasteiger partial charge is 0.318 e. The molecular formula is C29H43N3O4. The van der Waals surface area contributed by atoms with Crippen molar-refractivity contribution in [3.05, 3.63) is 28.8 Å². The number of nitrogens with zero attached hydrogens (tertiary/aromatic N) is 2. The summed E-state index contributed by atoms with van der Waals surface area (Å²) in [4.78, 5) is 29.4. The molecule has 2 saturated carbocycles. The topological polar surface area (TPSA) is 82.1 Å². The Balaban J connectivity index is 1.20. The van der Waals surface area contributed by atoms with Crippen LogP contribution < -0.4 is 10.1 Å². The molecule has 0 bridgehead atoms. The third kappa shape index (κ3) is 4.83. The number of aliphatic carboxylic acids is 1. The Kier molecular flexibility index (Phi) is 6.96. The van der Waals surface area contributed by atoms with Gasteiger partial charge in [0.05, 0.1) is 17.6 Å². The van der Waals surface area contributed by atoms with Gasteiger partial charge in [0, 0.05) is 32.2 Å². The molecule has 7 nitrogen and oxygen atoms in total. The van der Waals surface area contributed by atoms with Gasteiger partial charge in [-0.25, -0.2) is 4.79 Å². The molecule has 2 amide bonds. The number of ether oxygens (including phenoxy) is 1. The number of hydrogen-bond acceptors (Lipinski definition) is 4. The summed E-state index contributed by atoms with van der Waals surface area (Å²) in [6.07, 6.45) is 8.06. The number of carbonyl (C=O) groups is 2. The molecule has 4 aliphatic rings. The molecule has 7 heteroatoms. The molecule has 2 N–H and O–H groups in total. The first-order valence-electron chi connectivity index (χ1n) is 14.1. The van der Waals surface area contributed by atoms with Gasteiger partial charge in [-0.15, -0.1) is 0 Å². The van der Waals surface area contributed by atoms with Crippen LogP contribution in [0.15, 0.2) is 12.1 Å². The Morgan fingerprint density at radius 1 is 1.11 bits per heavy atom. The van der Waals surface area contributed by atoms with Crippen molar-refractivity contribution in [3.63, 3.8) is 0 Å². The normalized spacial score (nSPS) is 28.4. The standard InChI is InChI=1S/C29H43N3O4/c1-4-28(26(33)34)10-8-23(9-11-28)32-19-29(30-27(32)35)12-14-31(15-13-29)18-22-17-25(36-5-2)20(3)16-24(22)21-6-7-21/h16-17,21,23H,4-15,18-19H2,1-3H3,(H,30,35)(H,33,34). The zero-order valence-corrected chi connectivity index (χ0v) is 22.3. The van der Waals surface area contributed by atoms with E-state index >= 15 is 0 Å². The molecule has 5 rings (SSSR count). The Bertz CT molecular complexity index is 988. The first kappa shape index (κ1) is 25.4. The van der Waals surface area contributed by atoms with Crippen molar-refractivity contribution < 1.29 is 19.4 Å². The fraction of sp³-hybridized carbons (Fsp3) is 0.724. The van der Waals surface area contributed by atoms with Crippen LogP contribution >= 0.6 is 0 Å². The highest BCUT2D eigenvalue weighted by atomic mass is 16.5. The number of benzene rings is 1. The fourth-order valence-corrected chi connectivity index (χ4v) is 6.85. The fourth-order valence-electron chi connectivity index (χ4n) is 6.85. The lowest BCUT2D eigenvalue weighted by molar-refractivity contribution is -0.152. The van der Waals surface area contributed by atoms with Gasteiger partial charge < -0.3 is 20.1 Å². The average Bonchev–Trinajstić information content (AvgIpc) is 3.66. The molecule has 2 saturated heterocycles. The number of carboxylic acids is 1. The average molecular weight is 498 g/mol. The third-order valence-corrected chi connectivity index (χ3v) is 9.55. The summed E-state index contributed by atoms with van der Waals surface area (Å²) >= 11 is 0. The van der Waals surface area contributed by atoms with Crippen LogP contribution in [0.5, 0.6) is 5.75 Å². The molecule has 2 aliphatic carbocycles. The van der Waals surface area contributed by atoms with Crippen molar-refractivity contribution in [1.29, 1.82) is 0 Å². The molecule has 198 valence electrons. The highest BCUT2D eigenvalue weighted by Crippen LogP contribution is 2.45. The maximum atomic E-state index is 13.0. The van der Waals surface area contributed by atoms with Gasteiger partial charge in [0.25, 0.3) is 0 Å². The highest BCUT2D eigenvalue weighted by Gasteiger charge is 2.49. The Morgan fingerprint density at radius 2 is 1.81 bits per heavy atom. The predicted octanol–water partition coefficient (Wildman–Crippen LogP) is 5.05. The maximum Gasteiger partial charge on any atom is 0.318 e. The zero-order valence-electron chi connectivity index (χ0n) is 22.3. The van der Waals surface area contributed by atoms with Crippen LogP contribution in [0.2, 0.25) is 0 Å². The molecule has 1 aromatic rings. The summed E-state index contributed by atoms with van der Waals surface area (Å²) in [5.74, 6) is 1.03. The van der Waals surface area contributed by atoms with E-state index in [-0.39, 0.29) is 17.6 Å². The van der Waals surface area contributed by atoms with E-state index in [0.717, 1.165) is 57.6 Å². The summed E-state index contributed by atoms with van der Waals surface area (Å²) in [6, 6.07) is 4.82. The summed E-state index contributed by atoms with van der Waals surface area (Å²) in [5.41, 5.74) is 3.38. The zero-order chi connectivity index (χ0) is 25.5. The summed E-state index contributed by atoms with van der Waals surface area (Å²) in [6.45, 7) is 10.5. The first-order valence-corrected chi connectivity index (χ1v) is 14.1. The van der Waals surface area contributed by atoms with E-state index in [2.05, 4.69) is 29.3 Å². The number of rotatable bonds is 8. The van der Waals surface area contributed by atoms with Crippen molar-refractivity contribution >= 4 is 12.0 Å². The number of piperidine rings is 1. The van der Waals surface area contributed by atoms with Gasteiger partial charge in [-0.05, 0) is 100 Å². The van der Waals surface area contributed by atoms with Crippen LogP contribution in [0.25, 0.3) is 0 Å². The molecule has 36 heavy (non-hydrogen) atoms. The molecule has 1 spiro atoms.